The maximum atomic E-state index is 13.7. The van der Waals surface area contributed by atoms with Crippen molar-refractivity contribution in [3.63, 3.8) is 0 Å². The molecule has 1 N–H and O–H groups in total. The predicted octanol–water partition coefficient (Wildman–Crippen LogP) is 5.05. The van der Waals surface area contributed by atoms with Crippen LogP contribution in [0.4, 0.5) is 17.1 Å². The quantitative estimate of drug-likeness (QED) is 0.204. The van der Waals surface area contributed by atoms with E-state index in [0.717, 1.165) is 41.8 Å². The van der Waals surface area contributed by atoms with Crippen LogP contribution in [0.5, 0.6) is 5.75 Å². The van der Waals surface area contributed by atoms with E-state index in [1.54, 1.807) is 47.6 Å². The van der Waals surface area contributed by atoms with Crippen molar-refractivity contribution in [2.75, 3.05) is 18.6 Å². The zero-order valence-corrected chi connectivity index (χ0v) is 20.8. The largest absolute Gasteiger partial charge is 0.496 e. The molecule has 2 aromatic heterocycles. The SMILES string of the molecule is COc1cc(N2CCCCc3ccccc32)ccc1C(=O)[N+](=C=O)c1cccc2[nH]c(-n3ccnc3)nc12. The molecule has 3 aromatic carbocycles. The lowest BCUT2D eigenvalue weighted by Crippen LogP contribution is -2.20. The number of nitrogens with one attached hydrogen (secondary N) is 1. The Morgan fingerprint density at radius 3 is 2.82 bits per heavy atom. The second-order valence-corrected chi connectivity index (χ2v) is 9.06. The summed E-state index contributed by atoms with van der Waals surface area (Å²) >= 11 is 0. The lowest BCUT2D eigenvalue weighted by atomic mass is 10.1. The number of amides is 1. The molecule has 9 nitrogen and oxygen atoms in total. The van der Waals surface area contributed by atoms with Crippen molar-refractivity contribution in [2.24, 2.45) is 0 Å². The number of ether oxygens (including phenoxy) is 1. The minimum Gasteiger partial charge on any atom is -0.496 e. The van der Waals surface area contributed by atoms with Gasteiger partial charge in [-0.25, -0.2) is 14.8 Å². The number of imidazole rings is 2. The standard InChI is InChI=1S/C29H25N6O3/c1-38-26-17-21(34-15-5-4-8-20-7-2-3-10-24(20)34)12-13-22(26)28(37)35(19-36)25-11-6-9-23-27(25)32-29(31-23)33-16-14-30-18-33/h2-3,6-7,9-14,16-18H,4-5,8,15H2,1H3,(H,31,32)/q+1. The van der Waals surface area contributed by atoms with Crippen LogP contribution in [0.2, 0.25) is 0 Å². The summed E-state index contributed by atoms with van der Waals surface area (Å²) in [6, 6.07) is 19.1. The van der Waals surface area contributed by atoms with Gasteiger partial charge in [0, 0.05) is 42.4 Å². The average molecular weight is 506 g/mol. The number of aromatic nitrogens is 4. The predicted molar refractivity (Wildman–Crippen MR) is 143 cm³/mol. The molecule has 0 spiro atoms. The Balaban J connectivity index is 1.38. The smallest absolute Gasteiger partial charge is 0.440 e. The maximum absolute atomic E-state index is 13.7. The normalized spacial score (nSPS) is 13.0. The fourth-order valence-corrected chi connectivity index (χ4v) is 5.00. The number of anilines is 2. The zero-order valence-electron chi connectivity index (χ0n) is 20.8. The van der Waals surface area contributed by atoms with Crippen molar-refractivity contribution in [3.8, 4) is 11.7 Å². The highest BCUT2D eigenvalue weighted by Crippen LogP contribution is 2.36. The molecule has 5 aromatic rings. The number of hydrogen-bond acceptors (Lipinski definition) is 6. The first-order valence-electron chi connectivity index (χ1n) is 12.4. The number of benzene rings is 3. The summed E-state index contributed by atoms with van der Waals surface area (Å²) < 4.78 is 8.31. The highest BCUT2D eigenvalue weighted by atomic mass is 16.5. The number of carbonyl (C=O) groups is 1. The van der Waals surface area contributed by atoms with Crippen LogP contribution >= 0.6 is 0 Å². The first-order valence-corrected chi connectivity index (χ1v) is 12.4. The fraction of sp³-hybridized carbons (Fsp3) is 0.172. The summed E-state index contributed by atoms with van der Waals surface area (Å²) in [6.07, 6.45) is 10.0. The van der Waals surface area contributed by atoms with Gasteiger partial charge in [-0.1, -0.05) is 24.3 Å². The van der Waals surface area contributed by atoms with E-state index >= 15 is 0 Å². The van der Waals surface area contributed by atoms with E-state index in [0.29, 0.717) is 28.4 Å². The molecule has 1 amide bonds. The van der Waals surface area contributed by atoms with Crippen LogP contribution in [0.15, 0.2) is 79.4 Å². The molecule has 1 aliphatic heterocycles. The molecule has 38 heavy (non-hydrogen) atoms. The topological polar surface area (TPSA) is 96.1 Å². The van der Waals surface area contributed by atoms with Gasteiger partial charge in [0.25, 0.3) is 5.69 Å². The van der Waals surface area contributed by atoms with Crippen molar-refractivity contribution >= 4 is 40.1 Å². The van der Waals surface area contributed by atoms with Gasteiger partial charge in [0.2, 0.25) is 5.95 Å². The molecular weight excluding hydrogens is 480 g/mol. The number of rotatable bonds is 5. The highest BCUT2D eigenvalue weighted by molar-refractivity contribution is 5.97. The van der Waals surface area contributed by atoms with E-state index in [-0.39, 0.29) is 5.56 Å². The third kappa shape index (κ3) is 4.05. The molecule has 0 unspecified atom stereocenters. The third-order valence-electron chi connectivity index (χ3n) is 6.85. The molecule has 3 heterocycles. The van der Waals surface area contributed by atoms with Crippen LogP contribution in [-0.2, 0) is 11.2 Å². The molecule has 1 aliphatic rings. The van der Waals surface area contributed by atoms with E-state index in [1.807, 2.05) is 24.3 Å². The van der Waals surface area contributed by atoms with Crippen molar-refractivity contribution in [1.29, 1.82) is 0 Å². The molecule has 0 saturated carbocycles. The van der Waals surface area contributed by atoms with Crippen molar-refractivity contribution in [2.45, 2.75) is 19.3 Å². The number of H-pyrrole nitrogens is 1. The zero-order chi connectivity index (χ0) is 26.1. The number of para-hydroxylation sites is 2. The summed E-state index contributed by atoms with van der Waals surface area (Å²) in [7, 11) is 1.52. The van der Waals surface area contributed by atoms with Crippen LogP contribution in [0, 0.1) is 0 Å². The number of fused-ring (bicyclic) bond motifs is 2. The van der Waals surface area contributed by atoms with Gasteiger partial charge >= 0.3 is 12.0 Å². The van der Waals surface area contributed by atoms with E-state index in [4.69, 9.17) is 4.74 Å². The Morgan fingerprint density at radius 1 is 1.11 bits per heavy atom. The first kappa shape index (κ1) is 23.4. The maximum Gasteiger partial charge on any atom is 0.440 e. The first-order chi connectivity index (χ1) is 18.7. The number of isocyanates is 1. The van der Waals surface area contributed by atoms with Gasteiger partial charge in [0.1, 0.15) is 17.6 Å². The number of carbonyl (C=O) groups excluding carboxylic acids is 2. The van der Waals surface area contributed by atoms with Crippen molar-refractivity contribution < 1.29 is 18.9 Å². The average Bonchev–Trinajstić information content (AvgIpc) is 3.59. The Labute approximate surface area is 218 Å². The summed E-state index contributed by atoms with van der Waals surface area (Å²) in [5.41, 5.74) is 5.09. The molecule has 0 saturated heterocycles. The Bertz CT molecular complexity index is 1700. The van der Waals surface area contributed by atoms with Gasteiger partial charge in [-0.15, -0.1) is 0 Å². The monoisotopic (exact) mass is 505 g/mol. The molecule has 9 heteroatoms. The molecular formula is C29H25N6O3+. The fourth-order valence-electron chi connectivity index (χ4n) is 5.00. The second kappa shape index (κ2) is 9.80. The number of aryl methyl sites for hydroxylation is 1. The van der Waals surface area contributed by atoms with Crippen molar-refractivity contribution in [3.05, 3.63) is 90.5 Å². The van der Waals surface area contributed by atoms with E-state index in [9.17, 15) is 9.59 Å². The second-order valence-electron chi connectivity index (χ2n) is 9.06. The van der Waals surface area contributed by atoms with Crippen LogP contribution < -0.4 is 9.64 Å². The van der Waals surface area contributed by atoms with Gasteiger partial charge in [0.15, 0.2) is 5.52 Å². The highest BCUT2D eigenvalue weighted by Gasteiger charge is 2.31. The van der Waals surface area contributed by atoms with Gasteiger partial charge in [-0.2, -0.15) is 4.79 Å². The molecule has 0 aliphatic carbocycles. The van der Waals surface area contributed by atoms with Gasteiger partial charge < -0.3 is 14.6 Å². The van der Waals surface area contributed by atoms with E-state index in [1.165, 1.54) is 12.7 Å². The summed E-state index contributed by atoms with van der Waals surface area (Å²) in [5.74, 6) is 0.338. The minimum atomic E-state index is -0.556. The number of nitrogens with zero attached hydrogens (tertiary/aromatic N) is 5. The lowest BCUT2D eigenvalue weighted by Gasteiger charge is -2.25. The summed E-state index contributed by atoms with van der Waals surface area (Å²) in [4.78, 5) is 40.0. The van der Waals surface area contributed by atoms with Gasteiger partial charge in [-0.3, -0.25) is 4.57 Å². The Hall–Kier alpha value is -5.01. The van der Waals surface area contributed by atoms with Crippen molar-refractivity contribution in [1.82, 2.24) is 19.5 Å². The van der Waals surface area contributed by atoms with Crippen LogP contribution in [0.1, 0.15) is 28.8 Å². The molecule has 188 valence electrons. The molecule has 6 rings (SSSR count). The Kier molecular flexibility index (Phi) is 6.03. The molecule has 0 fully saturated rings. The number of hydrogen-bond donors (Lipinski definition) is 1. The number of aromatic amines is 1. The van der Waals surface area contributed by atoms with Gasteiger partial charge in [0.05, 0.1) is 12.6 Å². The van der Waals surface area contributed by atoms with Gasteiger partial charge in [-0.05, 0) is 53.7 Å². The third-order valence-corrected chi connectivity index (χ3v) is 6.85. The molecule has 0 bridgehead atoms. The van der Waals surface area contributed by atoms with Crippen LogP contribution in [0.25, 0.3) is 17.0 Å². The van der Waals surface area contributed by atoms with E-state index < -0.39 is 5.91 Å². The van der Waals surface area contributed by atoms with E-state index in [2.05, 4.69) is 38.1 Å². The summed E-state index contributed by atoms with van der Waals surface area (Å²) in [6.45, 7) is 0.863. The lowest BCUT2D eigenvalue weighted by molar-refractivity contribution is -0.330. The number of methoxy groups -OCH3 is 1. The summed E-state index contributed by atoms with van der Waals surface area (Å²) in [5, 5.41) is 0. The molecule has 0 radical (unpaired) electrons. The molecule has 0 atom stereocenters. The minimum absolute atomic E-state index is 0.255. The van der Waals surface area contributed by atoms with Crippen LogP contribution in [0.3, 0.4) is 0 Å². The van der Waals surface area contributed by atoms with Crippen LogP contribution in [-0.4, -0.2) is 49.7 Å². The Morgan fingerprint density at radius 2 is 2.00 bits per heavy atom.